The van der Waals surface area contributed by atoms with Gasteiger partial charge in [0.1, 0.15) is 12.0 Å². The van der Waals surface area contributed by atoms with Gasteiger partial charge in [-0.2, -0.15) is 0 Å². The van der Waals surface area contributed by atoms with Crippen molar-refractivity contribution in [1.82, 2.24) is 15.2 Å². The lowest BCUT2D eigenvalue weighted by atomic mass is 9.77. The summed E-state index contributed by atoms with van der Waals surface area (Å²) in [7, 11) is 0. The van der Waals surface area contributed by atoms with E-state index in [0.717, 1.165) is 31.2 Å². The molecule has 0 spiro atoms. The number of hydrogen-bond donors (Lipinski definition) is 4. The molecule has 0 bridgehead atoms. The van der Waals surface area contributed by atoms with E-state index in [4.69, 9.17) is 4.42 Å². The third-order valence-corrected chi connectivity index (χ3v) is 7.91. The molecule has 1 aliphatic heterocycles. The monoisotopic (exact) mass is 533 g/mol. The van der Waals surface area contributed by atoms with Crippen LogP contribution in [0.4, 0.5) is 0 Å². The van der Waals surface area contributed by atoms with Gasteiger partial charge < -0.3 is 30.0 Å². The number of oxazole rings is 1. The van der Waals surface area contributed by atoms with Crippen molar-refractivity contribution in [1.29, 1.82) is 0 Å². The van der Waals surface area contributed by atoms with E-state index in [1.54, 1.807) is 23.1 Å². The Bertz CT molecular complexity index is 1300. The van der Waals surface area contributed by atoms with Gasteiger partial charge in [-0.3, -0.25) is 9.59 Å². The summed E-state index contributed by atoms with van der Waals surface area (Å²) in [5.41, 5.74) is 3.55. The maximum atomic E-state index is 13.5. The van der Waals surface area contributed by atoms with Crippen LogP contribution in [0.1, 0.15) is 66.4 Å². The average molecular weight is 534 g/mol. The molecule has 206 valence electrons. The van der Waals surface area contributed by atoms with E-state index < -0.39 is 24.0 Å². The molecule has 3 atom stereocenters. The first-order valence-electron chi connectivity index (χ1n) is 13.6. The number of aliphatic hydroxyl groups is 2. The van der Waals surface area contributed by atoms with Crippen LogP contribution in [0.15, 0.2) is 59.2 Å². The van der Waals surface area contributed by atoms with Crippen LogP contribution in [-0.2, 0) is 29.0 Å². The zero-order valence-electron chi connectivity index (χ0n) is 21.8. The SMILES string of the molecule is O=C(NCc1nc(Cc2ccccc2O)co1)[C@H](O)[C@@H](O)C(=O)N1CCc2ccccc2C1C1CCCCC1. The fourth-order valence-electron chi connectivity index (χ4n) is 5.89. The molecule has 9 nitrogen and oxygen atoms in total. The number of aromatic hydroxyl groups is 1. The van der Waals surface area contributed by atoms with Gasteiger partial charge in [0.25, 0.3) is 11.8 Å². The molecule has 0 saturated heterocycles. The topological polar surface area (TPSA) is 136 Å². The summed E-state index contributed by atoms with van der Waals surface area (Å²) < 4.78 is 5.40. The van der Waals surface area contributed by atoms with E-state index in [1.165, 1.54) is 18.2 Å². The Kier molecular flexibility index (Phi) is 8.28. The molecule has 0 radical (unpaired) electrons. The standard InChI is InChI=1S/C30H35N3O6/c34-24-13-7-5-11-21(24)16-22-18-39-25(32-22)17-31-29(37)27(35)28(36)30(38)33-15-14-19-8-4-6-12-23(19)26(33)20-9-2-1-3-10-20/h4-8,11-13,18,20,26-28,34-36H,1-3,9-10,14-17H2,(H,31,37)/t26?,27-,28-/m1/s1. The number of fused-ring (bicyclic) bond motifs is 1. The minimum absolute atomic E-state index is 0.126. The summed E-state index contributed by atoms with van der Waals surface area (Å²) in [6.07, 6.45) is 4.02. The van der Waals surface area contributed by atoms with Crippen molar-refractivity contribution < 1.29 is 29.3 Å². The molecule has 1 aliphatic carbocycles. The summed E-state index contributed by atoms with van der Waals surface area (Å²) >= 11 is 0. The van der Waals surface area contributed by atoms with Gasteiger partial charge in [-0.25, -0.2) is 4.98 Å². The molecule has 2 aromatic carbocycles. The number of carbonyl (C=O) groups excluding carboxylic acids is 2. The van der Waals surface area contributed by atoms with Gasteiger partial charge in [0, 0.05) is 13.0 Å². The molecule has 2 aliphatic rings. The van der Waals surface area contributed by atoms with Crippen molar-refractivity contribution in [3.8, 4) is 5.75 Å². The maximum Gasteiger partial charge on any atom is 0.255 e. The normalized spacial score (nSPS) is 19.2. The van der Waals surface area contributed by atoms with Gasteiger partial charge in [-0.15, -0.1) is 0 Å². The number of amides is 2. The minimum Gasteiger partial charge on any atom is -0.508 e. The minimum atomic E-state index is -1.93. The predicted molar refractivity (Wildman–Crippen MR) is 142 cm³/mol. The number of benzene rings is 2. The zero-order valence-corrected chi connectivity index (χ0v) is 21.8. The lowest BCUT2D eigenvalue weighted by molar-refractivity contribution is -0.156. The van der Waals surface area contributed by atoms with Crippen LogP contribution in [0.25, 0.3) is 0 Å². The van der Waals surface area contributed by atoms with Gasteiger partial charge in [0.2, 0.25) is 5.89 Å². The Hall–Kier alpha value is -3.69. The fraction of sp³-hybridized carbons (Fsp3) is 0.433. The van der Waals surface area contributed by atoms with E-state index in [2.05, 4.69) is 16.4 Å². The molecule has 5 rings (SSSR count). The molecule has 1 unspecified atom stereocenters. The van der Waals surface area contributed by atoms with Crippen LogP contribution in [0.5, 0.6) is 5.75 Å². The molecule has 4 N–H and O–H groups in total. The Morgan fingerprint density at radius 2 is 1.77 bits per heavy atom. The summed E-state index contributed by atoms with van der Waals surface area (Å²) in [6.45, 7) is 0.303. The number of hydrogen-bond acceptors (Lipinski definition) is 7. The number of phenols is 1. The van der Waals surface area contributed by atoms with Gasteiger partial charge in [0.05, 0.1) is 18.3 Å². The highest BCUT2D eigenvalue weighted by molar-refractivity contribution is 5.91. The molecule has 39 heavy (non-hydrogen) atoms. The number of nitrogens with zero attached hydrogens (tertiary/aromatic N) is 2. The summed E-state index contributed by atoms with van der Waals surface area (Å²) in [6, 6.07) is 14.8. The van der Waals surface area contributed by atoms with Crippen molar-refractivity contribution in [3.63, 3.8) is 0 Å². The highest BCUT2D eigenvalue weighted by atomic mass is 16.4. The summed E-state index contributed by atoms with van der Waals surface area (Å²) in [5.74, 6) is -0.891. The molecule has 1 fully saturated rings. The molecular formula is C30H35N3O6. The molecule has 1 aromatic heterocycles. The number of phenolic OH excluding ortho intramolecular Hbond substituents is 1. The zero-order chi connectivity index (χ0) is 27.4. The number of aromatic nitrogens is 1. The van der Waals surface area contributed by atoms with Crippen molar-refractivity contribution in [3.05, 3.63) is 83.1 Å². The van der Waals surface area contributed by atoms with Crippen LogP contribution >= 0.6 is 0 Å². The molecule has 2 heterocycles. The third-order valence-electron chi connectivity index (χ3n) is 7.91. The van der Waals surface area contributed by atoms with Crippen molar-refractivity contribution in [2.45, 2.75) is 69.7 Å². The van der Waals surface area contributed by atoms with E-state index in [9.17, 15) is 24.9 Å². The summed E-state index contributed by atoms with van der Waals surface area (Å²) in [5, 5.41) is 33.8. The van der Waals surface area contributed by atoms with Gasteiger partial charge >= 0.3 is 0 Å². The average Bonchev–Trinajstić information content (AvgIpc) is 3.43. The van der Waals surface area contributed by atoms with E-state index >= 15 is 0 Å². The summed E-state index contributed by atoms with van der Waals surface area (Å²) in [4.78, 5) is 32.1. The van der Waals surface area contributed by atoms with Crippen LogP contribution in [0, 0.1) is 5.92 Å². The lowest BCUT2D eigenvalue weighted by Crippen LogP contribution is -2.53. The van der Waals surface area contributed by atoms with E-state index in [-0.39, 0.29) is 30.1 Å². The number of rotatable bonds is 8. The van der Waals surface area contributed by atoms with Gasteiger partial charge in [-0.1, -0.05) is 61.7 Å². The Labute approximate surface area is 227 Å². The van der Waals surface area contributed by atoms with Crippen molar-refractivity contribution >= 4 is 11.8 Å². The number of aliphatic hydroxyl groups excluding tert-OH is 2. The van der Waals surface area contributed by atoms with E-state index in [0.29, 0.717) is 30.6 Å². The smallest absolute Gasteiger partial charge is 0.255 e. The first-order valence-corrected chi connectivity index (χ1v) is 13.6. The number of carbonyl (C=O) groups is 2. The van der Waals surface area contributed by atoms with Crippen LogP contribution in [0.3, 0.4) is 0 Å². The maximum absolute atomic E-state index is 13.5. The second-order valence-corrected chi connectivity index (χ2v) is 10.5. The third kappa shape index (κ3) is 5.99. The van der Waals surface area contributed by atoms with Crippen LogP contribution in [-0.4, -0.2) is 55.8 Å². The second-order valence-electron chi connectivity index (χ2n) is 10.5. The first kappa shape index (κ1) is 26.9. The molecule has 9 heteroatoms. The van der Waals surface area contributed by atoms with Crippen molar-refractivity contribution in [2.24, 2.45) is 5.92 Å². The number of para-hydroxylation sites is 1. The van der Waals surface area contributed by atoms with Crippen molar-refractivity contribution in [2.75, 3.05) is 6.54 Å². The molecule has 1 saturated carbocycles. The molecular weight excluding hydrogens is 498 g/mol. The Morgan fingerprint density at radius 3 is 2.56 bits per heavy atom. The first-order chi connectivity index (χ1) is 18.9. The largest absolute Gasteiger partial charge is 0.508 e. The highest BCUT2D eigenvalue weighted by Crippen LogP contribution is 2.42. The number of nitrogens with one attached hydrogen (secondary N) is 1. The van der Waals surface area contributed by atoms with Gasteiger partial charge in [-0.05, 0) is 47.9 Å². The fourth-order valence-corrected chi connectivity index (χ4v) is 5.89. The van der Waals surface area contributed by atoms with Crippen LogP contribution < -0.4 is 5.32 Å². The Morgan fingerprint density at radius 1 is 1.03 bits per heavy atom. The van der Waals surface area contributed by atoms with Gasteiger partial charge in [0.15, 0.2) is 12.2 Å². The molecule has 2 amide bonds. The molecule has 3 aromatic rings. The highest BCUT2D eigenvalue weighted by Gasteiger charge is 2.41. The quantitative estimate of drug-likeness (QED) is 0.349. The van der Waals surface area contributed by atoms with Crippen LogP contribution in [0.2, 0.25) is 0 Å². The second kappa shape index (κ2) is 12.0. The lowest BCUT2D eigenvalue weighted by Gasteiger charge is -2.44. The Balaban J connectivity index is 1.21. The van der Waals surface area contributed by atoms with E-state index in [1.807, 2.05) is 24.3 Å². The predicted octanol–water partition coefficient (Wildman–Crippen LogP) is 3.02.